The first-order valence-corrected chi connectivity index (χ1v) is 6.20. The van der Waals surface area contributed by atoms with Gasteiger partial charge in [0.2, 0.25) is 0 Å². The number of hydrogen-bond donors (Lipinski definition) is 3. The molecule has 2 rings (SSSR count). The smallest absolute Gasteiger partial charge is 0.338 e. The normalized spacial score (nSPS) is 21.7. The maximum absolute atomic E-state index is 13.5. The Morgan fingerprint density at radius 3 is 2.75 bits per heavy atom. The molecule has 1 fully saturated rings. The fourth-order valence-electron chi connectivity index (χ4n) is 2.06. The second-order valence-electron chi connectivity index (χ2n) is 4.55. The minimum atomic E-state index is -1.36. The van der Waals surface area contributed by atoms with Crippen LogP contribution in [0.2, 0.25) is 0 Å². The van der Waals surface area contributed by atoms with Crippen molar-refractivity contribution in [2.75, 3.05) is 11.9 Å². The van der Waals surface area contributed by atoms with E-state index in [9.17, 15) is 14.0 Å². The molecule has 0 radical (unpaired) electrons. The molecule has 20 heavy (non-hydrogen) atoms. The lowest BCUT2D eigenvalue weighted by molar-refractivity contribution is -0.126. The maximum Gasteiger partial charge on any atom is 0.338 e. The monoisotopic (exact) mass is 282 g/mol. The summed E-state index contributed by atoms with van der Waals surface area (Å²) < 4.78 is 18.9. The van der Waals surface area contributed by atoms with Gasteiger partial charge in [-0.15, -0.1) is 0 Å². The number of carboxylic acids is 1. The minimum absolute atomic E-state index is 0.128. The van der Waals surface area contributed by atoms with Gasteiger partial charge in [0.15, 0.2) is 0 Å². The molecule has 108 valence electrons. The zero-order valence-electron chi connectivity index (χ0n) is 10.6. The van der Waals surface area contributed by atoms with Crippen LogP contribution in [0.4, 0.5) is 10.1 Å². The van der Waals surface area contributed by atoms with Crippen molar-refractivity contribution in [3.05, 3.63) is 29.6 Å². The van der Waals surface area contributed by atoms with Crippen LogP contribution in [0.5, 0.6) is 0 Å². The van der Waals surface area contributed by atoms with E-state index in [0.29, 0.717) is 19.4 Å². The van der Waals surface area contributed by atoms with Crippen LogP contribution in [-0.2, 0) is 9.53 Å². The average Bonchev–Trinajstić information content (AvgIpc) is 2.87. The molecule has 0 bridgehead atoms. The third kappa shape index (κ3) is 3.12. The van der Waals surface area contributed by atoms with E-state index < -0.39 is 23.5 Å². The Kier molecular flexibility index (Phi) is 4.31. The molecule has 0 aromatic heterocycles. The van der Waals surface area contributed by atoms with Crippen molar-refractivity contribution in [2.45, 2.75) is 25.0 Å². The highest BCUT2D eigenvalue weighted by Crippen LogP contribution is 2.21. The summed E-state index contributed by atoms with van der Waals surface area (Å²) in [6.45, 7) is 0.353. The molecular weight excluding hydrogens is 267 g/mol. The fraction of sp³-hybridized carbons (Fsp3) is 0.385. The summed E-state index contributed by atoms with van der Waals surface area (Å²) >= 11 is 0. The molecule has 1 aliphatic heterocycles. The van der Waals surface area contributed by atoms with Gasteiger partial charge in [0.05, 0.1) is 11.7 Å². The second kappa shape index (κ2) is 5.98. The molecule has 2 atom stereocenters. The van der Waals surface area contributed by atoms with Crippen LogP contribution in [0.3, 0.4) is 0 Å². The number of benzene rings is 1. The topological polar surface area (TPSA) is 102 Å². The molecule has 1 heterocycles. The Morgan fingerprint density at radius 2 is 2.20 bits per heavy atom. The van der Waals surface area contributed by atoms with E-state index in [4.69, 9.17) is 15.6 Å². The molecule has 1 aromatic rings. The lowest BCUT2D eigenvalue weighted by Gasteiger charge is -2.13. The predicted molar refractivity (Wildman–Crippen MR) is 68.9 cm³/mol. The Hall–Kier alpha value is -1.99. The summed E-state index contributed by atoms with van der Waals surface area (Å²) in [6.07, 6.45) is 0.534. The summed E-state index contributed by atoms with van der Waals surface area (Å²) in [5, 5.41) is 11.2. The van der Waals surface area contributed by atoms with Gasteiger partial charge in [-0.25, -0.2) is 9.18 Å². The van der Waals surface area contributed by atoms with Crippen LogP contribution in [0.15, 0.2) is 18.2 Å². The van der Waals surface area contributed by atoms with Crippen molar-refractivity contribution in [3.8, 4) is 0 Å². The van der Waals surface area contributed by atoms with Crippen molar-refractivity contribution in [1.29, 1.82) is 0 Å². The Morgan fingerprint density at radius 1 is 1.45 bits per heavy atom. The second-order valence-corrected chi connectivity index (χ2v) is 4.55. The Bertz CT molecular complexity index is 535. The van der Waals surface area contributed by atoms with Crippen molar-refractivity contribution < 1.29 is 23.8 Å². The molecular formula is C13H15FN2O4. The van der Waals surface area contributed by atoms with Crippen LogP contribution in [-0.4, -0.2) is 35.7 Å². The van der Waals surface area contributed by atoms with Gasteiger partial charge in [-0.3, -0.25) is 4.79 Å². The predicted octanol–water partition coefficient (Wildman–Crippen LogP) is 0.969. The summed E-state index contributed by atoms with van der Waals surface area (Å²) in [7, 11) is 0. The summed E-state index contributed by atoms with van der Waals surface area (Å²) in [5.74, 6) is -2.64. The van der Waals surface area contributed by atoms with E-state index >= 15 is 0 Å². The van der Waals surface area contributed by atoms with Crippen molar-refractivity contribution >= 4 is 17.6 Å². The van der Waals surface area contributed by atoms with Gasteiger partial charge in [-0.2, -0.15) is 0 Å². The molecule has 1 aromatic carbocycles. The highest BCUT2D eigenvalue weighted by Gasteiger charge is 2.29. The summed E-state index contributed by atoms with van der Waals surface area (Å²) in [6, 6.07) is 3.40. The van der Waals surface area contributed by atoms with Gasteiger partial charge in [0.25, 0.3) is 5.91 Å². The highest BCUT2D eigenvalue weighted by molar-refractivity contribution is 5.95. The summed E-state index contributed by atoms with van der Waals surface area (Å²) in [5.41, 5.74) is 5.20. The maximum atomic E-state index is 13.5. The number of ether oxygens (including phenoxy) is 1. The van der Waals surface area contributed by atoms with Gasteiger partial charge in [-0.05, 0) is 31.0 Å². The quantitative estimate of drug-likeness (QED) is 0.763. The zero-order chi connectivity index (χ0) is 14.7. The van der Waals surface area contributed by atoms with E-state index in [1.165, 1.54) is 6.07 Å². The SMILES string of the molecule is NCC1CCC(C(=O)Nc2ccc(C(=O)O)c(F)c2)O1. The standard InChI is InChI=1S/C13H15FN2O4/c14-10-5-7(1-3-9(10)13(18)19)16-12(17)11-4-2-8(6-15)20-11/h1,3,5,8,11H,2,4,6,15H2,(H,16,17)(H,18,19). The van der Waals surface area contributed by atoms with Crippen molar-refractivity contribution in [3.63, 3.8) is 0 Å². The number of carbonyl (C=O) groups excluding carboxylic acids is 1. The Labute approximate surface area is 114 Å². The number of aromatic carboxylic acids is 1. The van der Waals surface area contributed by atoms with Gasteiger partial charge in [0.1, 0.15) is 11.9 Å². The molecule has 0 aliphatic carbocycles. The molecule has 2 unspecified atom stereocenters. The number of rotatable bonds is 4. The van der Waals surface area contributed by atoms with E-state index in [2.05, 4.69) is 5.32 Å². The molecule has 0 saturated carbocycles. The van der Waals surface area contributed by atoms with E-state index in [-0.39, 0.29) is 17.7 Å². The summed E-state index contributed by atoms with van der Waals surface area (Å²) in [4.78, 5) is 22.6. The van der Waals surface area contributed by atoms with E-state index in [0.717, 1.165) is 12.1 Å². The number of nitrogens with one attached hydrogen (secondary N) is 1. The number of nitrogens with two attached hydrogens (primary N) is 1. The number of carbonyl (C=O) groups is 2. The van der Waals surface area contributed by atoms with Crippen LogP contribution < -0.4 is 11.1 Å². The highest BCUT2D eigenvalue weighted by atomic mass is 19.1. The third-order valence-corrected chi connectivity index (χ3v) is 3.13. The number of carboxylic acid groups (broad SMARTS) is 1. The number of halogens is 1. The fourth-order valence-corrected chi connectivity index (χ4v) is 2.06. The molecule has 6 nitrogen and oxygen atoms in total. The van der Waals surface area contributed by atoms with Gasteiger partial charge in [-0.1, -0.05) is 0 Å². The molecule has 7 heteroatoms. The molecule has 1 saturated heterocycles. The molecule has 0 spiro atoms. The average molecular weight is 282 g/mol. The van der Waals surface area contributed by atoms with Gasteiger partial charge in [0, 0.05) is 12.2 Å². The van der Waals surface area contributed by atoms with Gasteiger partial charge >= 0.3 is 5.97 Å². The van der Waals surface area contributed by atoms with Crippen LogP contribution in [0, 0.1) is 5.82 Å². The number of amides is 1. The van der Waals surface area contributed by atoms with E-state index in [1.54, 1.807) is 0 Å². The third-order valence-electron chi connectivity index (χ3n) is 3.13. The lowest BCUT2D eigenvalue weighted by Crippen LogP contribution is -2.29. The molecule has 1 amide bonds. The van der Waals surface area contributed by atoms with Crippen LogP contribution >= 0.6 is 0 Å². The zero-order valence-corrected chi connectivity index (χ0v) is 10.6. The van der Waals surface area contributed by atoms with Crippen molar-refractivity contribution in [2.24, 2.45) is 5.73 Å². The number of anilines is 1. The molecule has 4 N–H and O–H groups in total. The lowest BCUT2D eigenvalue weighted by atomic mass is 10.1. The first-order valence-electron chi connectivity index (χ1n) is 6.20. The first-order chi connectivity index (χ1) is 9.51. The minimum Gasteiger partial charge on any atom is -0.478 e. The van der Waals surface area contributed by atoms with E-state index in [1.807, 2.05) is 0 Å². The molecule has 1 aliphatic rings. The van der Waals surface area contributed by atoms with Crippen LogP contribution in [0.25, 0.3) is 0 Å². The largest absolute Gasteiger partial charge is 0.478 e. The van der Waals surface area contributed by atoms with Crippen molar-refractivity contribution in [1.82, 2.24) is 0 Å². The first kappa shape index (κ1) is 14.4. The van der Waals surface area contributed by atoms with Crippen LogP contribution in [0.1, 0.15) is 23.2 Å². The number of hydrogen-bond acceptors (Lipinski definition) is 4. The van der Waals surface area contributed by atoms with Gasteiger partial charge < -0.3 is 20.9 Å². The Balaban J connectivity index is 2.02.